The molecule has 1 aliphatic rings. The summed E-state index contributed by atoms with van der Waals surface area (Å²) >= 11 is 7.37. The number of aryl methyl sites for hydroxylation is 1. The molecular weight excluding hydrogens is 722 g/mol. The quantitative estimate of drug-likeness (QED) is 0.0732. The summed E-state index contributed by atoms with van der Waals surface area (Å²) < 4.78 is 36.4. The highest BCUT2D eigenvalue weighted by Crippen LogP contribution is 2.33. The number of nitrogens with two attached hydrogens (primary N) is 1. The second-order valence-corrected chi connectivity index (χ2v) is 14.8. The molecule has 5 aromatic rings. The lowest BCUT2D eigenvalue weighted by Crippen LogP contribution is -2.26. The van der Waals surface area contributed by atoms with Gasteiger partial charge in [-0.25, -0.2) is 4.98 Å². The van der Waals surface area contributed by atoms with Crippen LogP contribution in [0.15, 0.2) is 89.3 Å². The second-order valence-electron chi connectivity index (χ2n) is 12.1. The number of likely N-dealkylation sites (tertiary alicyclic amines) is 1. The fourth-order valence-electron chi connectivity index (χ4n) is 5.50. The third kappa shape index (κ3) is 11.2. The smallest absolute Gasteiger partial charge is 0.294 e. The minimum atomic E-state index is -4.02. The van der Waals surface area contributed by atoms with Crippen LogP contribution in [0.4, 0.5) is 11.5 Å². The van der Waals surface area contributed by atoms with Gasteiger partial charge in [-0.1, -0.05) is 42.8 Å². The number of fused-ring (bicyclic) bond motifs is 1. The van der Waals surface area contributed by atoms with Crippen molar-refractivity contribution in [1.82, 2.24) is 15.2 Å². The maximum Gasteiger partial charge on any atom is 0.294 e. The Hall–Kier alpha value is -4.53. The van der Waals surface area contributed by atoms with Crippen LogP contribution >= 0.6 is 22.9 Å². The van der Waals surface area contributed by atoms with Crippen molar-refractivity contribution in [2.45, 2.75) is 51.5 Å². The predicted octanol–water partition coefficient (Wildman–Crippen LogP) is 7.85. The van der Waals surface area contributed by atoms with Crippen LogP contribution in [0.3, 0.4) is 0 Å². The summed E-state index contributed by atoms with van der Waals surface area (Å²) in [4.78, 5) is 32.2. The third-order valence-electron chi connectivity index (χ3n) is 8.24. The van der Waals surface area contributed by atoms with E-state index in [9.17, 15) is 18.0 Å². The number of aromatic nitrogens is 1. The summed E-state index contributed by atoms with van der Waals surface area (Å²) in [5, 5.41) is 9.16. The van der Waals surface area contributed by atoms with E-state index in [-0.39, 0.29) is 30.7 Å². The predicted molar refractivity (Wildman–Crippen MR) is 209 cm³/mol. The number of anilines is 2. The molecule has 2 amide bonds. The van der Waals surface area contributed by atoms with E-state index in [1.54, 1.807) is 54.7 Å². The minimum absolute atomic E-state index is 0. The molecule has 0 atom stereocenters. The van der Waals surface area contributed by atoms with Gasteiger partial charge in [-0.3, -0.25) is 14.1 Å². The van der Waals surface area contributed by atoms with Crippen LogP contribution in [0.5, 0.6) is 5.75 Å². The first-order valence-electron chi connectivity index (χ1n) is 16.5. The number of nitrogen functional groups attached to an aromatic ring is 1. The number of nitrogens with one attached hydrogen (secondary N) is 2. The molecule has 0 saturated carbocycles. The van der Waals surface area contributed by atoms with E-state index in [0.717, 1.165) is 40.6 Å². The minimum Gasteiger partial charge on any atom is -0.489 e. The number of hydrogen-bond acceptors (Lipinski definition) is 9. The molecule has 5 N–H and O–H groups in total. The van der Waals surface area contributed by atoms with Crippen LogP contribution in [-0.4, -0.2) is 60.8 Å². The van der Waals surface area contributed by atoms with E-state index in [1.807, 2.05) is 24.4 Å². The van der Waals surface area contributed by atoms with Crippen molar-refractivity contribution in [1.29, 1.82) is 0 Å². The van der Waals surface area contributed by atoms with Crippen LogP contribution in [0.2, 0.25) is 5.02 Å². The Bertz CT molecular complexity index is 2070. The fourth-order valence-corrected chi connectivity index (χ4v) is 7.18. The summed E-state index contributed by atoms with van der Waals surface area (Å²) in [5.74, 6) is 0.564. The highest BCUT2D eigenvalue weighted by Gasteiger charge is 2.18. The molecule has 0 unspecified atom stereocenters. The van der Waals surface area contributed by atoms with Crippen LogP contribution in [0.1, 0.15) is 65.0 Å². The van der Waals surface area contributed by atoms with Crippen molar-refractivity contribution in [3.8, 4) is 5.75 Å². The number of amides is 2. The number of nitrogens with zero attached hydrogens (tertiary/aromatic N) is 2. The van der Waals surface area contributed by atoms with E-state index in [1.165, 1.54) is 49.4 Å². The molecule has 0 aliphatic carbocycles. The van der Waals surface area contributed by atoms with Gasteiger partial charge < -0.3 is 26.0 Å². The van der Waals surface area contributed by atoms with Gasteiger partial charge in [0.05, 0.1) is 15.2 Å². The average molecular weight is 766 g/mol. The van der Waals surface area contributed by atoms with E-state index in [2.05, 4.69) is 20.5 Å². The standard InChI is InChI=1S/C30H32ClN5O3S.C7H8O3S.CH4/c31-22-10-8-20(9-11-22)29(37)35-23-6-5-7-24(16-23)39-18-21-19-40-27-25(17-34-28(32)26(21)27)30(38)33-12-1-2-13-36-14-3-4-15-36;1-6-2-4-7(5-3-6)11(8,9)10;/h5-11,16-17,19H,1-4,12-15,18H2,(H2,32,34)(H,33,38)(H,35,37);2-5H,1H3,(H,8,9,10);1H4. The van der Waals surface area contributed by atoms with Gasteiger partial charge in [0, 0.05) is 46.0 Å². The molecule has 52 heavy (non-hydrogen) atoms. The molecule has 14 heteroatoms. The van der Waals surface area contributed by atoms with Crippen LogP contribution < -0.4 is 21.1 Å². The Morgan fingerprint density at radius 2 is 1.73 bits per heavy atom. The third-order valence-corrected chi connectivity index (χ3v) is 10.4. The normalized spacial score (nSPS) is 12.8. The van der Waals surface area contributed by atoms with Gasteiger partial charge >= 0.3 is 0 Å². The SMILES string of the molecule is C.Cc1ccc(S(=O)(=O)O)cc1.Nc1ncc(C(=O)NCCCCN2CCCC2)c2scc(COc3cccc(NC(=O)c4ccc(Cl)cc4)c3)c12. The Labute approximate surface area is 313 Å². The first kappa shape index (κ1) is 40.2. The maximum atomic E-state index is 13.0. The fraction of sp³-hybridized carbons (Fsp3) is 0.289. The van der Waals surface area contributed by atoms with Gasteiger partial charge in [0.15, 0.2) is 0 Å². The topological polar surface area (TPSA) is 164 Å². The van der Waals surface area contributed by atoms with Gasteiger partial charge in [0.2, 0.25) is 0 Å². The number of ether oxygens (including phenoxy) is 1. The Kier molecular flexibility index (Phi) is 14.6. The molecule has 1 aliphatic heterocycles. The Morgan fingerprint density at radius 3 is 2.42 bits per heavy atom. The van der Waals surface area contributed by atoms with E-state index in [4.69, 9.17) is 26.6 Å². The molecule has 1 fully saturated rings. The van der Waals surface area contributed by atoms with Crippen molar-refractivity contribution in [2.24, 2.45) is 0 Å². The van der Waals surface area contributed by atoms with Crippen molar-refractivity contribution >= 4 is 66.5 Å². The number of pyridine rings is 1. The summed E-state index contributed by atoms with van der Waals surface area (Å²) in [6.45, 7) is 6.19. The molecule has 6 rings (SSSR count). The summed E-state index contributed by atoms with van der Waals surface area (Å²) in [6, 6.07) is 19.8. The van der Waals surface area contributed by atoms with Gasteiger partial charge in [-0.2, -0.15) is 8.42 Å². The van der Waals surface area contributed by atoms with Gasteiger partial charge in [0.25, 0.3) is 21.9 Å². The first-order chi connectivity index (χ1) is 24.5. The number of halogens is 1. The summed E-state index contributed by atoms with van der Waals surface area (Å²) in [5.41, 5.74) is 9.66. The molecule has 11 nitrogen and oxygen atoms in total. The van der Waals surface area contributed by atoms with Crippen LogP contribution in [0, 0.1) is 6.92 Å². The molecule has 0 spiro atoms. The van der Waals surface area contributed by atoms with Crippen molar-refractivity contribution in [2.75, 3.05) is 37.2 Å². The average Bonchev–Trinajstić information content (AvgIpc) is 3.79. The number of carbonyl (C=O) groups excluding carboxylic acids is 2. The number of thiophene rings is 1. The zero-order valence-corrected chi connectivity index (χ0v) is 30.5. The lowest BCUT2D eigenvalue weighted by Gasteiger charge is -2.14. The number of benzene rings is 3. The maximum absolute atomic E-state index is 13.0. The molecule has 3 aromatic carbocycles. The largest absolute Gasteiger partial charge is 0.489 e. The van der Waals surface area contributed by atoms with Gasteiger partial charge in [-0.05, 0) is 106 Å². The van der Waals surface area contributed by atoms with E-state index < -0.39 is 10.1 Å². The molecular formula is C38H44ClN5O6S2. The van der Waals surface area contributed by atoms with Crippen molar-refractivity contribution in [3.05, 3.63) is 112 Å². The van der Waals surface area contributed by atoms with E-state index in [0.29, 0.717) is 39.9 Å². The zero-order chi connectivity index (χ0) is 36.4. The van der Waals surface area contributed by atoms with E-state index >= 15 is 0 Å². The molecule has 2 aromatic heterocycles. The zero-order valence-electron chi connectivity index (χ0n) is 28.1. The molecule has 0 bridgehead atoms. The van der Waals surface area contributed by atoms with Gasteiger partial charge in [0.1, 0.15) is 18.2 Å². The van der Waals surface area contributed by atoms with Crippen LogP contribution in [-0.2, 0) is 16.7 Å². The number of carbonyl (C=O) groups is 2. The number of hydrogen-bond donors (Lipinski definition) is 4. The summed E-state index contributed by atoms with van der Waals surface area (Å²) in [6.07, 6.45) is 6.14. The molecule has 3 heterocycles. The summed E-state index contributed by atoms with van der Waals surface area (Å²) in [7, 11) is -4.02. The number of rotatable bonds is 12. The highest BCUT2D eigenvalue weighted by atomic mass is 35.5. The van der Waals surface area contributed by atoms with Crippen molar-refractivity contribution in [3.63, 3.8) is 0 Å². The lowest BCUT2D eigenvalue weighted by atomic mass is 10.1. The van der Waals surface area contributed by atoms with Crippen LogP contribution in [0.25, 0.3) is 10.1 Å². The molecule has 1 saturated heterocycles. The molecule has 276 valence electrons. The first-order valence-corrected chi connectivity index (χ1v) is 19.2. The monoisotopic (exact) mass is 765 g/mol. The Morgan fingerprint density at radius 1 is 1.02 bits per heavy atom. The van der Waals surface area contributed by atoms with Crippen molar-refractivity contribution < 1.29 is 27.3 Å². The number of unbranched alkanes of at least 4 members (excludes halogenated alkanes) is 1. The lowest BCUT2D eigenvalue weighted by molar-refractivity contribution is 0.0953. The second kappa shape index (κ2) is 18.8. The van der Waals surface area contributed by atoms with Gasteiger partial charge in [-0.15, -0.1) is 11.3 Å². The Balaban J connectivity index is 0.000000433. The highest BCUT2D eigenvalue weighted by molar-refractivity contribution is 7.85. The molecule has 0 radical (unpaired) electrons.